The summed E-state index contributed by atoms with van der Waals surface area (Å²) in [6.45, 7) is 1.67. The van der Waals surface area contributed by atoms with Gasteiger partial charge in [0, 0.05) is 11.5 Å². The van der Waals surface area contributed by atoms with Gasteiger partial charge >= 0.3 is 0 Å². The van der Waals surface area contributed by atoms with E-state index in [-0.39, 0.29) is 15.8 Å². The molecule has 6 atom stereocenters. The lowest BCUT2D eigenvalue weighted by atomic mass is 9.55. The molecule has 1 aromatic carbocycles. The number of carbonyl (C=O) groups is 3. The van der Waals surface area contributed by atoms with Crippen molar-refractivity contribution in [2.24, 2.45) is 17.6 Å². The molecule has 0 aromatic heterocycles. The molecular weight excluding hydrogens is 500 g/mol. The van der Waals surface area contributed by atoms with E-state index in [4.69, 9.17) is 5.73 Å². The summed E-state index contributed by atoms with van der Waals surface area (Å²) in [5, 5.41) is 55.4. The minimum absolute atomic E-state index is 0.134. The number of phenols is 1. The summed E-state index contributed by atoms with van der Waals surface area (Å²) >= 11 is 3.14. The number of carbonyl (C=O) groups excluding carboxylic acids is 3. The predicted octanol–water partition coefficient (Wildman–Crippen LogP) is 0.415. The van der Waals surface area contributed by atoms with Gasteiger partial charge in [0.05, 0.1) is 28.1 Å². The first-order valence-electron chi connectivity index (χ1n) is 10.1. The number of likely N-dealkylation sites (N-methyl/N-ethyl adjacent to an activating group) is 1. The number of phenolic OH excluding ortho intramolecular Hbond substituents is 1. The van der Waals surface area contributed by atoms with Crippen LogP contribution in [0.5, 0.6) is 5.75 Å². The SMILES string of the molecule is C[C@H]1c2ccc(Br)c(O)c2C(=O)C2=C(O)[C@]3(O)C(=O)C(C(N)=O)=C(O)[C@@H](N(C)C)[C@@H]3[C@@H](O)[C@@H]21. The van der Waals surface area contributed by atoms with Crippen LogP contribution in [0.15, 0.2) is 39.3 Å². The van der Waals surface area contributed by atoms with Gasteiger partial charge in [-0.15, -0.1) is 0 Å². The van der Waals surface area contributed by atoms with Crippen molar-refractivity contribution in [3.63, 3.8) is 0 Å². The lowest BCUT2D eigenvalue weighted by molar-refractivity contribution is -0.162. The maximum atomic E-state index is 13.4. The molecule has 0 saturated heterocycles. The molecule has 0 heterocycles. The summed E-state index contributed by atoms with van der Waals surface area (Å²) < 4.78 is 0.221. The number of benzene rings is 1. The molecule has 4 rings (SSSR count). The van der Waals surface area contributed by atoms with E-state index in [9.17, 15) is 39.9 Å². The van der Waals surface area contributed by atoms with Gasteiger partial charge in [-0.2, -0.15) is 0 Å². The van der Waals surface area contributed by atoms with Crippen molar-refractivity contribution in [2.75, 3.05) is 14.1 Å². The van der Waals surface area contributed by atoms with E-state index in [1.54, 1.807) is 19.1 Å². The number of fused-ring (bicyclic) bond motifs is 3. The molecule has 7 N–H and O–H groups in total. The van der Waals surface area contributed by atoms with Gasteiger partial charge in [0.2, 0.25) is 5.78 Å². The Morgan fingerprint density at radius 1 is 1.18 bits per heavy atom. The third kappa shape index (κ3) is 2.79. The first kappa shape index (κ1) is 23.4. The van der Waals surface area contributed by atoms with Crippen LogP contribution >= 0.6 is 15.9 Å². The number of rotatable bonds is 2. The number of primary amides is 1. The Morgan fingerprint density at radius 3 is 2.33 bits per heavy atom. The third-order valence-electron chi connectivity index (χ3n) is 7.08. The minimum Gasteiger partial charge on any atom is -0.510 e. The van der Waals surface area contributed by atoms with Crippen LogP contribution in [-0.2, 0) is 9.59 Å². The van der Waals surface area contributed by atoms with Crippen molar-refractivity contribution in [1.29, 1.82) is 0 Å². The molecule has 10 nitrogen and oxygen atoms in total. The molecule has 1 amide bonds. The van der Waals surface area contributed by atoms with Gasteiger partial charge in [0.1, 0.15) is 22.8 Å². The number of halogens is 1. The largest absolute Gasteiger partial charge is 0.510 e. The molecule has 0 saturated carbocycles. The number of aromatic hydroxyl groups is 1. The Kier molecular flexibility index (Phi) is 5.25. The van der Waals surface area contributed by atoms with E-state index >= 15 is 0 Å². The highest BCUT2D eigenvalue weighted by atomic mass is 79.9. The van der Waals surface area contributed by atoms with Crippen molar-refractivity contribution in [3.05, 3.63) is 50.4 Å². The van der Waals surface area contributed by atoms with Crippen LogP contribution in [0.2, 0.25) is 0 Å². The predicted molar refractivity (Wildman–Crippen MR) is 117 cm³/mol. The van der Waals surface area contributed by atoms with Crippen molar-refractivity contribution in [3.8, 4) is 5.75 Å². The molecule has 0 unspecified atom stereocenters. The molecule has 0 spiro atoms. The number of ketones is 2. The Bertz CT molecular complexity index is 1190. The van der Waals surface area contributed by atoms with E-state index < -0.39 is 75.6 Å². The van der Waals surface area contributed by atoms with Crippen LogP contribution < -0.4 is 5.73 Å². The van der Waals surface area contributed by atoms with Crippen LogP contribution in [0, 0.1) is 11.8 Å². The number of nitrogens with two attached hydrogens (primary N) is 1. The maximum absolute atomic E-state index is 13.4. The van der Waals surface area contributed by atoms with Gasteiger partial charge < -0.3 is 31.3 Å². The molecular formula is C22H23BrN2O8. The van der Waals surface area contributed by atoms with Crippen molar-refractivity contribution in [1.82, 2.24) is 4.90 Å². The van der Waals surface area contributed by atoms with Crippen LogP contribution in [0.1, 0.15) is 28.8 Å². The Morgan fingerprint density at radius 2 is 1.79 bits per heavy atom. The zero-order valence-electron chi connectivity index (χ0n) is 17.9. The van der Waals surface area contributed by atoms with Crippen LogP contribution in [0.25, 0.3) is 0 Å². The molecule has 0 aliphatic heterocycles. The van der Waals surface area contributed by atoms with Gasteiger partial charge in [0.25, 0.3) is 5.91 Å². The van der Waals surface area contributed by atoms with Crippen LogP contribution in [-0.4, -0.2) is 79.7 Å². The second-order valence-corrected chi connectivity index (χ2v) is 9.77. The second kappa shape index (κ2) is 7.39. The second-order valence-electron chi connectivity index (χ2n) is 8.91. The summed E-state index contributed by atoms with van der Waals surface area (Å²) in [4.78, 5) is 40.0. The summed E-state index contributed by atoms with van der Waals surface area (Å²) in [6.07, 6.45) is -1.60. The number of Topliss-reactive ketones (excluding diaryl/α,β-unsaturated/α-hetero) is 2. The molecule has 0 bridgehead atoms. The van der Waals surface area contributed by atoms with Crippen molar-refractivity contribution in [2.45, 2.75) is 30.6 Å². The molecule has 1 aromatic rings. The van der Waals surface area contributed by atoms with Gasteiger partial charge in [-0.1, -0.05) is 13.0 Å². The molecule has 0 fully saturated rings. The quantitative estimate of drug-likeness (QED) is 0.299. The molecule has 33 heavy (non-hydrogen) atoms. The molecule has 3 aliphatic carbocycles. The fraction of sp³-hybridized carbons (Fsp3) is 0.409. The van der Waals surface area contributed by atoms with Gasteiger partial charge in [-0.25, -0.2) is 0 Å². The lowest BCUT2D eigenvalue weighted by Gasteiger charge is -2.53. The third-order valence-corrected chi connectivity index (χ3v) is 7.72. The molecule has 3 aliphatic rings. The number of aliphatic hydroxyl groups is 4. The number of hydrogen-bond donors (Lipinski definition) is 6. The summed E-state index contributed by atoms with van der Waals surface area (Å²) in [6, 6.07) is 1.86. The number of amides is 1. The fourth-order valence-corrected chi connectivity index (χ4v) is 5.93. The summed E-state index contributed by atoms with van der Waals surface area (Å²) in [7, 11) is 2.97. The maximum Gasteiger partial charge on any atom is 0.255 e. The molecule has 0 radical (unpaired) electrons. The Hall–Kier alpha value is -2.73. The average Bonchev–Trinajstić information content (AvgIpc) is 2.72. The van der Waals surface area contributed by atoms with E-state index in [2.05, 4.69) is 15.9 Å². The van der Waals surface area contributed by atoms with Gasteiger partial charge in [-0.05, 0) is 47.6 Å². The highest BCUT2D eigenvalue weighted by Crippen LogP contribution is 2.55. The van der Waals surface area contributed by atoms with E-state index in [0.29, 0.717) is 5.56 Å². The molecule has 11 heteroatoms. The Balaban J connectivity index is 2.07. The van der Waals surface area contributed by atoms with E-state index in [1.165, 1.54) is 19.0 Å². The number of aliphatic hydroxyl groups excluding tert-OH is 3. The van der Waals surface area contributed by atoms with Crippen LogP contribution in [0.3, 0.4) is 0 Å². The monoisotopic (exact) mass is 522 g/mol. The fourth-order valence-electron chi connectivity index (χ4n) is 5.60. The molecule has 176 valence electrons. The minimum atomic E-state index is -2.91. The van der Waals surface area contributed by atoms with Crippen molar-refractivity contribution >= 4 is 33.4 Å². The summed E-state index contributed by atoms with van der Waals surface area (Å²) in [5.74, 6) is -9.01. The average molecular weight is 523 g/mol. The Labute approximate surface area is 196 Å². The van der Waals surface area contributed by atoms with E-state index in [1.807, 2.05) is 0 Å². The van der Waals surface area contributed by atoms with Gasteiger partial charge in [0.15, 0.2) is 11.4 Å². The number of hydrogen-bond acceptors (Lipinski definition) is 9. The standard InChI is InChI=1S/C22H23BrN2O8/c1-6-7-4-5-8(23)15(26)10(7)16(27)11-9(6)17(28)13-14(25(2)3)18(29)12(21(24)32)20(31)22(13,33)19(11)30/h4-6,9,13-14,17,26,28-30,33H,1-3H3,(H2,24,32)/t6-,9+,13+,14-,17-,22-/m0/s1. The number of nitrogens with zero attached hydrogens (tertiary/aromatic N) is 1. The highest BCUT2D eigenvalue weighted by Gasteiger charge is 2.67. The van der Waals surface area contributed by atoms with Crippen LogP contribution in [0.4, 0.5) is 0 Å². The zero-order valence-corrected chi connectivity index (χ0v) is 19.5. The smallest absolute Gasteiger partial charge is 0.255 e. The van der Waals surface area contributed by atoms with Gasteiger partial charge in [-0.3, -0.25) is 19.3 Å². The topological polar surface area (TPSA) is 182 Å². The highest BCUT2D eigenvalue weighted by molar-refractivity contribution is 9.10. The first-order chi connectivity index (χ1) is 15.3. The lowest BCUT2D eigenvalue weighted by Crippen LogP contribution is -2.68. The van der Waals surface area contributed by atoms with Crippen molar-refractivity contribution < 1.29 is 39.9 Å². The normalized spacial score (nSPS) is 33.7. The van der Waals surface area contributed by atoms with E-state index in [0.717, 1.165) is 0 Å². The zero-order chi connectivity index (χ0) is 24.7. The summed E-state index contributed by atoms with van der Waals surface area (Å²) in [5.41, 5.74) is 1.28. The first-order valence-corrected chi connectivity index (χ1v) is 10.9.